The van der Waals surface area contributed by atoms with E-state index in [1.807, 2.05) is 23.1 Å². The Kier molecular flexibility index (Phi) is 4.96. The number of hydrogen-bond acceptors (Lipinski definition) is 3. The van der Waals surface area contributed by atoms with Crippen LogP contribution in [0.2, 0.25) is 0 Å². The number of nitrogens with zero attached hydrogens (tertiary/aromatic N) is 2. The van der Waals surface area contributed by atoms with E-state index in [1.54, 1.807) is 11.3 Å². The highest BCUT2D eigenvalue weighted by molar-refractivity contribution is 9.11. The summed E-state index contributed by atoms with van der Waals surface area (Å²) in [6.45, 7) is 2.49. The van der Waals surface area contributed by atoms with Crippen molar-refractivity contribution in [1.29, 1.82) is 0 Å². The molecule has 1 aromatic carbocycles. The summed E-state index contributed by atoms with van der Waals surface area (Å²) in [5.74, 6) is 0.226. The maximum absolute atomic E-state index is 12.5. The molecule has 2 heterocycles. The van der Waals surface area contributed by atoms with Gasteiger partial charge in [0.2, 0.25) is 5.91 Å². The fourth-order valence-corrected chi connectivity index (χ4v) is 4.36. The highest BCUT2D eigenvalue weighted by Gasteiger charge is 2.23. The van der Waals surface area contributed by atoms with Crippen molar-refractivity contribution in [2.45, 2.75) is 19.4 Å². The zero-order valence-electron chi connectivity index (χ0n) is 12.6. The third-order valence-corrected chi connectivity index (χ3v) is 5.56. The molecule has 0 bridgehead atoms. The number of fused-ring (bicyclic) bond motifs is 1. The van der Waals surface area contributed by atoms with Gasteiger partial charge in [-0.05, 0) is 53.2 Å². The Morgan fingerprint density at radius 1 is 1.32 bits per heavy atom. The molecule has 116 valence electrons. The zero-order chi connectivity index (χ0) is 15.5. The Labute approximate surface area is 143 Å². The summed E-state index contributed by atoms with van der Waals surface area (Å²) in [6, 6.07) is 12.4. The normalized spacial score (nSPS) is 13.7. The van der Waals surface area contributed by atoms with Gasteiger partial charge in [-0.25, -0.2) is 0 Å². The van der Waals surface area contributed by atoms with Gasteiger partial charge in [0, 0.05) is 36.6 Å². The van der Waals surface area contributed by atoms with Gasteiger partial charge >= 0.3 is 0 Å². The Bertz CT molecular complexity index is 670. The van der Waals surface area contributed by atoms with Crippen LogP contribution in [0.25, 0.3) is 0 Å². The first-order valence-electron chi connectivity index (χ1n) is 7.44. The number of carbonyl (C=O) groups is 1. The van der Waals surface area contributed by atoms with Crippen LogP contribution in [0.15, 0.2) is 40.2 Å². The van der Waals surface area contributed by atoms with Crippen LogP contribution < -0.4 is 4.90 Å². The van der Waals surface area contributed by atoms with E-state index in [4.69, 9.17) is 0 Å². The summed E-state index contributed by atoms with van der Waals surface area (Å²) in [7, 11) is 2.07. The average molecular weight is 379 g/mol. The molecule has 2 aromatic rings. The van der Waals surface area contributed by atoms with Gasteiger partial charge in [-0.1, -0.05) is 18.2 Å². The molecular formula is C17H19BrN2OS. The molecule has 0 spiro atoms. The lowest BCUT2D eigenvalue weighted by Crippen LogP contribution is -2.32. The number of halogens is 1. The lowest BCUT2D eigenvalue weighted by Gasteiger charge is -2.20. The van der Waals surface area contributed by atoms with Crippen LogP contribution in [0.3, 0.4) is 0 Å². The topological polar surface area (TPSA) is 23.6 Å². The quantitative estimate of drug-likeness (QED) is 0.786. The van der Waals surface area contributed by atoms with Crippen LogP contribution in [-0.4, -0.2) is 30.9 Å². The molecule has 3 nitrogen and oxygen atoms in total. The SMILES string of the molecule is CN(CCC(=O)N1CCc2ccccc21)Cc1ccc(Br)s1. The first-order valence-corrected chi connectivity index (χ1v) is 9.05. The molecular weight excluding hydrogens is 360 g/mol. The van der Waals surface area contributed by atoms with Crippen molar-refractivity contribution in [3.8, 4) is 0 Å². The first kappa shape index (κ1) is 15.7. The maximum atomic E-state index is 12.5. The summed E-state index contributed by atoms with van der Waals surface area (Å²) in [4.78, 5) is 17.9. The lowest BCUT2D eigenvalue weighted by atomic mass is 10.2. The first-order chi connectivity index (χ1) is 10.6. The fourth-order valence-electron chi connectivity index (χ4n) is 2.80. The molecule has 0 atom stereocenters. The van der Waals surface area contributed by atoms with E-state index in [9.17, 15) is 4.79 Å². The monoisotopic (exact) mass is 378 g/mol. The van der Waals surface area contributed by atoms with E-state index in [2.05, 4.69) is 46.1 Å². The zero-order valence-corrected chi connectivity index (χ0v) is 15.0. The van der Waals surface area contributed by atoms with Crippen molar-refractivity contribution in [3.05, 3.63) is 50.6 Å². The van der Waals surface area contributed by atoms with Crippen LogP contribution in [0, 0.1) is 0 Å². The van der Waals surface area contributed by atoms with Crippen molar-refractivity contribution in [2.75, 3.05) is 25.0 Å². The molecule has 0 N–H and O–H groups in total. The van der Waals surface area contributed by atoms with Crippen LogP contribution in [0.5, 0.6) is 0 Å². The van der Waals surface area contributed by atoms with E-state index in [0.29, 0.717) is 6.42 Å². The second-order valence-corrected chi connectivity index (χ2v) is 8.17. The molecule has 1 amide bonds. The summed E-state index contributed by atoms with van der Waals surface area (Å²) in [6.07, 6.45) is 1.54. The number of hydrogen-bond donors (Lipinski definition) is 0. The van der Waals surface area contributed by atoms with Gasteiger partial charge in [-0.3, -0.25) is 4.79 Å². The Balaban J connectivity index is 1.52. The number of benzene rings is 1. The highest BCUT2D eigenvalue weighted by atomic mass is 79.9. The van der Waals surface area contributed by atoms with E-state index < -0.39 is 0 Å². The largest absolute Gasteiger partial charge is 0.312 e. The molecule has 1 aromatic heterocycles. The Morgan fingerprint density at radius 2 is 2.14 bits per heavy atom. The van der Waals surface area contributed by atoms with E-state index in [0.717, 1.165) is 35.5 Å². The van der Waals surface area contributed by atoms with Crippen molar-refractivity contribution in [2.24, 2.45) is 0 Å². The number of anilines is 1. The predicted molar refractivity (Wildman–Crippen MR) is 95.5 cm³/mol. The molecule has 0 saturated heterocycles. The van der Waals surface area contributed by atoms with Crippen LogP contribution in [-0.2, 0) is 17.8 Å². The minimum absolute atomic E-state index is 0.226. The summed E-state index contributed by atoms with van der Waals surface area (Å²) in [5.41, 5.74) is 2.38. The molecule has 1 aliphatic rings. The number of thiophene rings is 1. The average Bonchev–Trinajstić information content (AvgIpc) is 3.11. The second kappa shape index (κ2) is 6.94. The van der Waals surface area contributed by atoms with Gasteiger partial charge in [0.1, 0.15) is 0 Å². The van der Waals surface area contributed by atoms with Gasteiger partial charge in [-0.15, -0.1) is 11.3 Å². The molecule has 0 saturated carbocycles. The third kappa shape index (κ3) is 3.59. The molecule has 0 unspecified atom stereocenters. The summed E-state index contributed by atoms with van der Waals surface area (Å²) >= 11 is 5.23. The number of amides is 1. The molecule has 22 heavy (non-hydrogen) atoms. The molecule has 5 heteroatoms. The molecule has 1 aliphatic heterocycles. The number of para-hydroxylation sites is 1. The second-order valence-electron chi connectivity index (χ2n) is 5.62. The fraction of sp³-hybridized carbons (Fsp3) is 0.353. The molecule has 3 rings (SSSR count). The van der Waals surface area contributed by atoms with Gasteiger partial charge < -0.3 is 9.80 Å². The lowest BCUT2D eigenvalue weighted by molar-refractivity contribution is -0.118. The van der Waals surface area contributed by atoms with E-state index in [-0.39, 0.29) is 5.91 Å². The molecule has 0 fully saturated rings. The Morgan fingerprint density at radius 3 is 2.91 bits per heavy atom. The van der Waals surface area contributed by atoms with Gasteiger partial charge in [0.25, 0.3) is 0 Å². The maximum Gasteiger partial charge on any atom is 0.228 e. The Hall–Kier alpha value is -1.17. The number of rotatable bonds is 5. The summed E-state index contributed by atoms with van der Waals surface area (Å²) in [5, 5.41) is 0. The van der Waals surface area contributed by atoms with Gasteiger partial charge in [0.05, 0.1) is 3.79 Å². The smallest absolute Gasteiger partial charge is 0.228 e. The van der Waals surface area contributed by atoms with Crippen LogP contribution >= 0.6 is 27.3 Å². The van der Waals surface area contributed by atoms with Crippen molar-refractivity contribution in [1.82, 2.24) is 4.90 Å². The van der Waals surface area contributed by atoms with Gasteiger partial charge in [-0.2, -0.15) is 0 Å². The van der Waals surface area contributed by atoms with Gasteiger partial charge in [0.15, 0.2) is 0 Å². The number of carbonyl (C=O) groups excluding carboxylic acids is 1. The van der Waals surface area contributed by atoms with Crippen LogP contribution in [0.1, 0.15) is 16.9 Å². The molecule has 0 aliphatic carbocycles. The van der Waals surface area contributed by atoms with E-state index in [1.165, 1.54) is 10.4 Å². The van der Waals surface area contributed by atoms with Crippen LogP contribution in [0.4, 0.5) is 5.69 Å². The minimum atomic E-state index is 0.226. The van der Waals surface area contributed by atoms with Crippen molar-refractivity contribution >= 4 is 38.9 Å². The van der Waals surface area contributed by atoms with Crippen molar-refractivity contribution in [3.63, 3.8) is 0 Å². The van der Waals surface area contributed by atoms with Crippen molar-refractivity contribution < 1.29 is 4.79 Å². The highest BCUT2D eigenvalue weighted by Crippen LogP contribution is 2.28. The summed E-state index contributed by atoms with van der Waals surface area (Å²) < 4.78 is 1.15. The minimum Gasteiger partial charge on any atom is -0.312 e. The third-order valence-electron chi connectivity index (χ3n) is 3.95. The van der Waals surface area contributed by atoms with E-state index >= 15 is 0 Å². The molecule has 0 radical (unpaired) electrons. The standard InChI is InChI=1S/C17H19BrN2OS/c1-19(12-14-6-7-16(18)22-14)10-9-17(21)20-11-8-13-4-2-3-5-15(13)20/h2-7H,8-12H2,1H3. The predicted octanol–water partition coefficient (Wildman–Crippen LogP) is 3.92.